The smallest absolute Gasteiger partial charge is 0.130 e. The van der Waals surface area contributed by atoms with Gasteiger partial charge in [-0.2, -0.15) is 8.75 Å². The lowest BCUT2D eigenvalue weighted by atomic mass is 10.2. The summed E-state index contributed by atoms with van der Waals surface area (Å²) in [4.78, 5) is 8.18. The molecule has 0 saturated carbocycles. The van der Waals surface area contributed by atoms with Crippen LogP contribution in [0.15, 0.2) is 24.7 Å². The predicted molar refractivity (Wildman–Crippen MR) is 76.8 cm³/mol. The molecule has 0 saturated heterocycles. The zero-order chi connectivity index (χ0) is 13.2. The first-order chi connectivity index (χ1) is 9.25. The number of aromatic nitrogens is 4. The summed E-state index contributed by atoms with van der Waals surface area (Å²) in [6, 6.07) is 1.66. The fourth-order valence-electron chi connectivity index (χ4n) is 1.64. The molecule has 5 nitrogen and oxygen atoms in total. The van der Waals surface area contributed by atoms with Crippen molar-refractivity contribution < 1.29 is 0 Å². The van der Waals surface area contributed by atoms with Crippen LogP contribution in [0.3, 0.4) is 0 Å². The summed E-state index contributed by atoms with van der Waals surface area (Å²) in [6.07, 6.45) is 4.95. The Labute approximate surface area is 122 Å². The minimum atomic E-state index is 0.499. The standard InChI is InChI=1S/C11H7Cl2N5S/c12-7-3-8(13)10-11(18-19-17-10)9(7)16-5-6-4-14-1-2-15-6/h1-4,16H,5H2. The van der Waals surface area contributed by atoms with E-state index >= 15 is 0 Å². The number of hydrogen-bond donors (Lipinski definition) is 1. The van der Waals surface area contributed by atoms with Crippen LogP contribution in [0, 0.1) is 0 Å². The Balaban J connectivity index is 1.95. The largest absolute Gasteiger partial charge is 0.376 e. The molecule has 1 N–H and O–H groups in total. The molecule has 3 rings (SSSR count). The van der Waals surface area contributed by atoms with Crippen LogP contribution >= 0.6 is 34.9 Å². The molecule has 19 heavy (non-hydrogen) atoms. The van der Waals surface area contributed by atoms with Crippen molar-refractivity contribution in [2.24, 2.45) is 0 Å². The lowest BCUT2D eigenvalue weighted by Gasteiger charge is -2.08. The predicted octanol–water partition coefficient (Wildman–Crippen LogP) is 3.40. The van der Waals surface area contributed by atoms with Gasteiger partial charge in [-0.05, 0) is 6.07 Å². The molecule has 0 aliphatic carbocycles. The van der Waals surface area contributed by atoms with Crippen molar-refractivity contribution >= 4 is 51.7 Å². The maximum atomic E-state index is 6.19. The van der Waals surface area contributed by atoms with Crippen LogP contribution < -0.4 is 5.32 Å². The average molecular weight is 312 g/mol. The number of halogens is 2. The van der Waals surface area contributed by atoms with Crippen LogP contribution in [-0.4, -0.2) is 18.7 Å². The van der Waals surface area contributed by atoms with E-state index in [1.165, 1.54) is 0 Å². The molecule has 96 valence electrons. The van der Waals surface area contributed by atoms with Gasteiger partial charge < -0.3 is 5.32 Å². The molecule has 0 unspecified atom stereocenters. The molecule has 0 atom stereocenters. The van der Waals surface area contributed by atoms with E-state index in [9.17, 15) is 0 Å². The lowest BCUT2D eigenvalue weighted by Crippen LogP contribution is -2.03. The molecule has 0 amide bonds. The summed E-state index contributed by atoms with van der Waals surface area (Å²) >= 11 is 13.3. The SMILES string of the molecule is Clc1cc(Cl)c2nsnc2c1NCc1cnccn1. The summed E-state index contributed by atoms with van der Waals surface area (Å²) in [5.74, 6) is 0. The van der Waals surface area contributed by atoms with Crippen molar-refractivity contribution in [3.8, 4) is 0 Å². The number of hydrogen-bond acceptors (Lipinski definition) is 6. The molecular formula is C11H7Cl2N5S. The molecule has 0 bridgehead atoms. The molecule has 0 fully saturated rings. The molecule has 8 heteroatoms. The fourth-order valence-corrected chi connectivity index (χ4v) is 2.82. The number of nitrogens with zero attached hydrogens (tertiary/aromatic N) is 4. The Kier molecular flexibility index (Phi) is 3.46. The van der Waals surface area contributed by atoms with Gasteiger partial charge in [0.15, 0.2) is 0 Å². The summed E-state index contributed by atoms with van der Waals surface area (Å²) in [5, 5.41) is 4.20. The third-order valence-corrected chi connectivity index (χ3v) is 3.62. The van der Waals surface area contributed by atoms with E-state index in [-0.39, 0.29) is 0 Å². The molecule has 3 aromatic rings. The molecular weight excluding hydrogens is 305 g/mol. The van der Waals surface area contributed by atoms with E-state index in [4.69, 9.17) is 23.2 Å². The molecule has 2 heterocycles. The monoisotopic (exact) mass is 311 g/mol. The third-order valence-electron chi connectivity index (χ3n) is 2.51. The van der Waals surface area contributed by atoms with E-state index in [2.05, 4.69) is 24.0 Å². The van der Waals surface area contributed by atoms with Gasteiger partial charge >= 0.3 is 0 Å². The summed E-state index contributed by atoms with van der Waals surface area (Å²) in [7, 11) is 0. The number of rotatable bonds is 3. The maximum Gasteiger partial charge on any atom is 0.130 e. The topological polar surface area (TPSA) is 63.6 Å². The fraction of sp³-hybridized carbons (Fsp3) is 0.0909. The zero-order valence-electron chi connectivity index (χ0n) is 9.47. The first kappa shape index (κ1) is 12.5. The van der Waals surface area contributed by atoms with Gasteiger partial charge in [0.05, 0.1) is 45.9 Å². The average Bonchev–Trinajstić information content (AvgIpc) is 2.89. The second kappa shape index (κ2) is 5.24. The normalized spacial score (nSPS) is 10.8. The van der Waals surface area contributed by atoms with Gasteiger partial charge in [-0.3, -0.25) is 9.97 Å². The zero-order valence-corrected chi connectivity index (χ0v) is 11.8. The highest BCUT2D eigenvalue weighted by molar-refractivity contribution is 7.00. The van der Waals surface area contributed by atoms with Gasteiger partial charge in [-0.15, -0.1) is 0 Å². The minimum Gasteiger partial charge on any atom is -0.376 e. The van der Waals surface area contributed by atoms with E-state index in [1.807, 2.05) is 0 Å². The van der Waals surface area contributed by atoms with Crippen molar-refractivity contribution in [3.05, 3.63) is 40.4 Å². The Hall–Kier alpha value is -1.50. The number of benzene rings is 1. The first-order valence-corrected chi connectivity index (χ1v) is 6.83. The van der Waals surface area contributed by atoms with Gasteiger partial charge in [-0.25, -0.2) is 0 Å². The van der Waals surface area contributed by atoms with Crippen LogP contribution in [0.4, 0.5) is 5.69 Å². The highest BCUT2D eigenvalue weighted by Crippen LogP contribution is 2.35. The Bertz CT molecular complexity index is 716. The van der Waals surface area contributed by atoms with E-state index in [0.717, 1.165) is 17.4 Å². The van der Waals surface area contributed by atoms with Gasteiger partial charge in [0.2, 0.25) is 0 Å². The Morgan fingerprint density at radius 1 is 1.11 bits per heavy atom. The summed E-state index contributed by atoms with van der Waals surface area (Å²) < 4.78 is 8.36. The van der Waals surface area contributed by atoms with E-state index in [1.54, 1.807) is 24.7 Å². The summed E-state index contributed by atoms with van der Waals surface area (Å²) in [6.45, 7) is 0.502. The van der Waals surface area contributed by atoms with Crippen molar-refractivity contribution in [1.82, 2.24) is 18.7 Å². The van der Waals surface area contributed by atoms with Crippen LogP contribution in [0.5, 0.6) is 0 Å². The van der Waals surface area contributed by atoms with Gasteiger partial charge in [0.1, 0.15) is 11.0 Å². The molecule has 0 aliphatic rings. The number of anilines is 1. The van der Waals surface area contributed by atoms with Crippen molar-refractivity contribution in [2.75, 3.05) is 5.32 Å². The number of nitrogens with one attached hydrogen (secondary N) is 1. The highest BCUT2D eigenvalue weighted by atomic mass is 35.5. The minimum absolute atomic E-state index is 0.499. The summed E-state index contributed by atoms with van der Waals surface area (Å²) in [5.41, 5.74) is 2.84. The van der Waals surface area contributed by atoms with Gasteiger partial charge in [-0.1, -0.05) is 23.2 Å². The van der Waals surface area contributed by atoms with Crippen molar-refractivity contribution in [3.63, 3.8) is 0 Å². The van der Waals surface area contributed by atoms with Gasteiger partial charge in [0, 0.05) is 12.4 Å². The Morgan fingerprint density at radius 2 is 1.95 bits per heavy atom. The lowest BCUT2D eigenvalue weighted by molar-refractivity contribution is 1.01. The molecule has 0 spiro atoms. The van der Waals surface area contributed by atoms with Crippen molar-refractivity contribution in [1.29, 1.82) is 0 Å². The molecule has 2 aromatic heterocycles. The van der Waals surface area contributed by atoms with Crippen molar-refractivity contribution in [2.45, 2.75) is 6.54 Å². The highest BCUT2D eigenvalue weighted by Gasteiger charge is 2.13. The van der Waals surface area contributed by atoms with E-state index < -0.39 is 0 Å². The second-order valence-corrected chi connectivity index (χ2v) is 5.07. The van der Waals surface area contributed by atoms with Crippen LogP contribution in [0.2, 0.25) is 10.0 Å². The van der Waals surface area contributed by atoms with E-state index in [0.29, 0.717) is 33.3 Å². The molecule has 0 aliphatic heterocycles. The quantitative estimate of drug-likeness (QED) is 0.803. The third kappa shape index (κ3) is 2.47. The second-order valence-electron chi connectivity index (χ2n) is 3.73. The van der Waals surface area contributed by atoms with Gasteiger partial charge in [0.25, 0.3) is 0 Å². The first-order valence-electron chi connectivity index (χ1n) is 5.34. The number of fused-ring (bicyclic) bond motifs is 1. The van der Waals surface area contributed by atoms with Crippen LogP contribution in [0.25, 0.3) is 11.0 Å². The Morgan fingerprint density at radius 3 is 2.74 bits per heavy atom. The van der Waals surface area contributed by atoms with Crippen LogP contribution in [-0.2, 0) is 6.54 Å². The maximum absolute atomic E-state index is 6.19. The van der Waals surface area contributed by atoms with Crippen LogP contribution in [0.1, 0.15) is 5.69 Å². The molecule has 1 aromatic carbocycles. The molecule has 0 radical (unpaired) electrons.